The van der Waals surface area contributed by atoms with Crippen LogP contribution in [0.1, 0.15) is 12.0 Å². The first-order chi connectivity index (χ1) is 7.81. The lowest BCUT2D eigenvalue weighted by atomic mass is 10.2. The molecule has 2 rings (SSSR count). The Balaban J connectivity index is 1.94. The van der Waals surface area contributed by atoms with Crippen LogP contribution in [0, 0.1) is 0 Å². The molecule has 1 atom stereocenters. The van der Waals surface area contributed by atoms with E-state index in [1.165, 1.54) is 12.0 Å². The van der Waals surface area contributed by atoms with E-state index < -0.39 is 0 Å². The molecule has 1 aromatic rings. The average molecular weight is 221 g/mol. The zero-order valence-corrected chi connectivity index (χ0v) is 9.94. The van der Waals surface area contributed by atoms with Gasteiger partial charge >= 0.3 is 0 Å². The van der Waals surface area contributed by atoms with Crippen LogP contribution in [0.3, 0.4) is 0 Å². The van der Waals surface area contributed by atoms with Gasteiger partial charge in [-0.1, -0.05) is 0 Å². The van der Waals surface area contributed by atoms with E-state index in [0.29, 0.717) is 11.9 Å². The first kappa shape index (κ1) is 11.4. The fourth-order valence-corrected chi connectivity index (χ4v) is 2.13. The molecular weight excluding hydrogens is 202 g/mol. The fraction of sp³-hybridized carbons (Fsp3) is 0.583. The number of rotatable bonds is 4. The summed E-state index contributed by atoms with van der Waals surface area (Å²) in [5.41, 5.74) is 1.27. The molecule has 16 heavy (non-hydrogen) atoms. The van der Waals surface area contributed by atoms with Crippen LogP contribution in [0.2, 0.25) is 0 Å². The maximum atomic E-state index is 5.12. The van der Waals surface area contributed by atoms with Gasteiger partial charge in [-0.2, -0.15) is 0 Å². The molecule has 1 fully saturated rings. The Morgan fingerprint density at radius 1 is 1.62 bits per heavy atom. The third-order valence-electron chi connectivity index (χ3n) is 3.10. The molecule has 0 amide bonds. The van der Waals surface area contributed by atoms with Crippen molar-refractivity contribution in [3.8, 4) is 5.88 Å². The molecule has 4 nitrogen and oxygen atoms in total. The summed E-state index contributed by atoms with van der Waals surface area (Å²) in [6, 6.07) is 4.70. The molecule has 2 heterocycles. The van der Waals surface area contributed by atoms with E-state index in [1.807, 2.05) is 13.1 Å². The van der Waals surface area contributed by atoms with Crippen molar-refractivity contribution in [3.05, 3.63) is 23.9 Å². The van der Waals surface area contributed by atoms with Gasteiger partial charge < -0.3 is 10.1 Å². The standard InChI is InChI=1S/C12H19N3O/c1-13-11-4-6-15(9-11)8-10-3-5-14-12(7-10)16-2/h3,5,7,11,13H,4,6,8-9H2,1-2H3. The van der Waals surface area contributed by atoms with Crippen molar-refractivity contribution in [2.24, 2.45) is 0 Å². The molecular formula is C12H19N3O. The van der Waals surface area contributed by atoms with Crippen molar-refractivity contribution in [1.82, 2.24) is 15.2 Å². The van der Waals surface area contributed by atoms with Gasteiger partial charge in [-0.3, -0.25) is 4.90 Å². The molecule has 0 aliphatic carbocycles. The first-order valence-corrected chi connectivity index (χ1v) is 5.70. The van der Waals surface area contributed by atoms with Crippen LogP contribution < -0.4 is 10.1 Å². The number of methoxy groups -OCH3 is 1. The first-order valence-electron chi connectivity index (χ1n) is 5.70. The van der Waals surface area contributed by atoms with Crippen molar-refractivity contribution in [1.29, 1.82) is 0 Å². The Morgan fingerprint density at radius 3 is 3.19 bits per heavy atom. The lowest BCUT2D eigenvalue weighted by Crippen LogP contribution is -2.29. The predicted molar refractivity (Wildman–Crippen MR) is 63.5 cm³/mol. The van der Waals surface area contributed by atoms with E-state index in [-0.39, 0.29) is 0 Å². The second kappa shape index (κ2) is 5.27. The van der Waals surface area contributed by atoms with Gasteiger partial charge in [0.2, 0.25) is 5.88 Å². The second-order valence-electron chi connectivity index (χ2n) is 4.22. The molecule has 0 radical (unpaired) electrons. The molecule has 1 saturated heterocycles. The molecule has 0 saturated carbocycles. The largest absolute Gasteiger partial charge is 0.481 e. The maximum absolute atomic E-state index is 5.12. The zero-order chi connectivity index (χ0) is 11.4. The van der Waals surface area contributed by atoms with Crippen LogP contribution in [0.15, 0.2) is 18.3 Å². The topological polar surface area (TPSA) is 37.4 Å². The number of likely N-dealkylation sites (tertiary alicyclic amines) is 1. The smallest absolute Gasteiger partial charge is 0.213 e. The molecule has 1 unspecified atom stereocenters. The number of pyridine rings is 1. The number of nitrogens with zero attached hydrogens (tertiary/aromatic N) is 2. The average Bonchev–Trinajstić information content (AvgIpc) is 2.77. The molecule has 4 heteroatoms. The van der Waals surface area contributed by atoms with Crippen molar-refractivity contribution in [2.45, 2.75) is 19.0 Å². The molecule has 88 valence electrons. The van der Waals surface area contributed by atoms with Gasteiger partial charge in [0.25, 0.3) is 0 Å². The number of likely N-dealkylation sites (N-methyl/N-ethyl adjacent to an activating group) is 1. The lowest BCUT2D eigenvalue weighted by Gasteiger charge is -2.16. The van der Waals surface area contributed by atoms with Crippen LogP contribution in [-0.4, -0.2) is 43.2 Å². The summed E-state index contributed by atoms with van der Waals surface area (Å²) in [4.78, 5) is 6.56. The molecule has 1 aliphatic rings. The summed E-state index contributed by atoms with van der Waals surface area (Å²) in [7, 11) is 3.68. The predicted octanol–water partition coefficient (Wildman–Crippen LogP) is 0.884. The number of aromatic nitrogens is 1. The van der Waals surface area contributed by atoms with E-state index in [4.69, 9.17) is 4.74 Å². The molecule has 1 aliphatic heterocycles. The molecule has 0 aromatic carbocycles. The Kier molecular flexibility index (Phi) is 3.74. The van der Waals surface area contributed by atoms with Gasteiger partial charge in [-0.25, -0.2) is 4.98 Å². The van der Waals surface area contributed by atoms with E-state index in [1.54, 1.807) is 13.3 Å². The Labute approximate surface area is 96.6 Å². The third-order valence-corrected chi connectivity index (χ3v) is 3.10. The van der Waals surface area contributed by atoms with Gasteiger partial charge in [0, 0.05) is 37.9 Å². The fourth-order valence-electron chi connectivity index (χ4n) is 2.13. The summed E-state index contributed by atoms with van der Waals surface area (Å²) < 4.78 is 5.12. The van der Waals surface area contributed by atoms with Crippen molar-refractivity contribution in [3.63, 3.8) is 0 Å². The van der Waals surface area contributed by atoms with Crippen molar-refractivity contribution < 1.29 is 4.74 Å². The highest BCUT2D eigenvalue weighted by Gasteiger charge is 2.20. The molecule has 1 N–H and O–H groups in total. The Hall–Kier alpha value is -1.13. The van der Waals surface area contributed by atoms with Crippen LogP contribution in [0.5, 0.6) is 5.88 Å². The van der Waals surface area contributed by atoms with Crippen LogP contribution in [-0.2, 0) is 6.54 Å². The monoisotopic (exact) mass is 221 g/mol. The minimum absolute atomic E-state index is 0.642. The normalized spacial score (nSPS) is 21.2. The summed E-state index contributed by atoms with van der Waals surface area (Å²) in [6.45, 7) is 3.27. The molecule has 1 aromatic heterocycles. The maximum Gasteiger partial charge on any atom is 0.213 e. The summed E-state index contributed by atoms with van der Waals surface area (Å²) in [5, 5.41) is 3.32. The van der Waals surface area contributed by atoms with Gasteiger partial charge in [-0.15, -0.1) is 0 Å². The van der Waals surface area contributed by atoms with Crippen LogP contribution in [0.25, 0.3) is 0 Å². The zero-order valence-electron chi connectivity index (χ0n) is 9.94. The highest BCUT2D eigenvalue weighted by molar-refractivity contribution is 5.20. The SMILES string of the molecule is CNC1CCN(Cc2ccnc(OC)c2)C1. The quantitative estimate of drug-likeness (QED) is 0.819. The van der Waals surface area contributed by atoms with E-state index in [2.05, 4.69) is 21.3 Å². The van der Waals surface area contributed by atoms with Gasteiger partial charge in [-0.05, 0) is 25.1 Å². The van der Waals surface area contributed by atoms with Gasteiger partial charge in [0.1, 0.15) is 0 Å². The minimum atomic E-state index is 0.642. The second-order valence-corrected chi connectivity index (χ2v) is 4.22. The van der Waals surface area contributed by atoms with Crippen LogP contribution in [0.4, 0.5) is 0 Å². The highest BCUT2D eigenvalue weighted by atomic mass is 16.5. The van der Waals surface area contributed by atoms with E-state index >= 15 is 0 Å². The van der Waals surface area contributed by atoms with E-state index in [9.17, 15) is 0 Å². The summed E-state index contributed by atoms with van der Waals surface area (Å²) in [6.07, 6.45) is 3.04. The Morgan fingerprint density at radius 2 is 2.50 bits per heavy atom. The minimum Gasteiger partial charge on any atom is -0.481 e. The van der Waals surface area contributed by atoms with Gasteiger partial charge in [0.15, 0.2) is 0 Å². The van der Waals surface area contributed by atoms with Crippen LogP contribution >= 0.6 is 0 Å². The third kappa shape index (κ3) is 2.71. The number of hydrogen-bond donors (Lipinski definition) is 1. The molecule has 0 spiro atoms. The number of ether oxygens (including phenoxy) is 1. The highest BCUT2D eigenvalue weighted by Crippen LogP contribution is 2.15. The molecule has 0 bridgehead atoms. The van der Waals surface area contributed by atoms with Crippen molar-refractivity contribution >= 4 is 0 Å². The number of hydrogen-bond acceptors (Lipinski definition) is 4. The Bertz CT molecular complexity index is 343. The van der Waals surface area contributed by atoms with Crippen molar-refractivity contribution in [2.75, 3.05) is 27.2 Å². The summed E-state index contributed by atoms with van der Waals surface area (Å²) in [5.74, 6) is 0.696. The number of nitrogens with one attached hydrogen (secondary N) is 1. The lowest BCUT2D eigenvalue weighted by molar-refractivity contribution is 0.321. The van der Waals surface area contributed by atoms with Gasteiger partial charge in [0.05, 0.1) is 7.11 Å². The summed E-state index contributed by atoms with van der Waals surface area (Å²) >= 11 is 0. The van der Waals surface area contributed by atoms with E-state index in [0.717, 1.165) is 19.6 Å².